The van der Waals surface area contributed by atoms with E-state index in [1.807, 2.05) is 12.1 Å². The zero-order valence-electron chi connectivity index (χ0n) is 20.5. The summed E-state index contributed by atoms with van der Waals surface area (Å²) >= 11 is 6.09. The van der Waals surface area contributed by atoms with Crippen LogP contribution in [0.15, 0.2) is 42.5 Å². The van der Waals surface area contributed by atoms with Gasteiger partial charge in [-0.1, -0.05) is 17.7 Å². The van der Waals surface area contributed by atoms with Crippen molar-refractivity contribution in [3.05, 3.63) is 70.3 Å². The predicted octanol–water partition coefficient (Wildman–Crippen LogP) is 3.63. The van der Waals surface area contributed by atoms with Crippen molar-refractivity contribution < 1.29 is 28.5 Å². The molecule has 2 saturated heterocycles. The topological polar surface area (TPSA) is 73.2 Å². The number of piperidine rings is 2. The molecule has 3 aliphatic rings. The van der Waals surface area contributed by atoms with Gasteiger partial charge in [-0.05, 0) is 67.6 Å². The predicted molar refractivity (Wildman–Crippen MR) is 136 cm³/mol. The quantitative estimate of drug-likeness (QED) is 0.575. The molecule has 0 aromatic heterocycles. The first-order chi connectivity index (χ1) is 17.7. The molecular formula is C28H31ClF2N2O4. The monoisotopic (exact) mass is 532 g/mol. The first-order valence-electron chi connectivity index (χ1n) is 12.7. The fourth-order valence-electron chi connectivity index (χ4n) is 5.86. The molecule has 2 aromatic carbocycles. The molecule has 2 N–H and O–H groups in total. The second-order valence-corrected chi connectivity index (χ2v) is 10.8. The molecule has 0 unspecified atom stereocenters. The zero-order chi connectivity index (χ0) is 26.2. The van der Waals surface area contributed by atoms with Crippen LogP contribution in [0.25, 0.3) is 6.08 Å². The summed E-state index contributed by atoms with van der Waals surface area (Å²) in [5, 5.41) is 22.6. The van der Waals surface area contributed by atoms with Crippen LogP contribution in [0.1, 0.15) is 30.4 Å². The van der Waals surface area contributed by atoms with E-state index < -0.39 is 29.3 Å². The fraction of sp³-hybridized carbons (Fsp3) is 0.464. The van der Waals surface area contributed by atoms with Crippen LogP contribution >= 0.6 is 11.6 Å². The molecule has 0 aliphatic carbocycles. The van der Waals surface area contributed by atoms with E-state index in [0.717, 1.165) is 30.3 Å². The number of rotatable bonds is 5. The molecule has 37 heavy (non-hydrogen) atoms. The molecule has 2 fully saturated rings. The first kappa shape index (κ1) is 26.1. The van der Waals surface area contributed by atoms with Crippen LogP contribution in [0.2, 0.25) is 5.02 Å². The van der Waals surface area contributed by atoms with Gasteiger partial charge in [0.25, 0.3) is 0 Å². The molecule has 0 saturated carbocycles. The summed E-state index contributed by atoms with van der Waals surface area (Å²) in [6, 6.07) is 8.69. The van der Waals surface area contributed by atoms with Gasteiger partial charge in [0.05, 0.1) is 17.6 Å². The maximum atomic E-state index is 13.3. The van der Waals surface area contributed by atoms with Crippen LogP contribution in [0.4, 0.5) is 8.78 Å². The number of carbonyl (C=O) groups excluding carboxylic acids is 1. The number of fused-ring (bicyclic) bond motifs is 2. The zero-order valence-corrected chi connectivity index (χ0v) is 21.2. The maximum Gasteiger partial charge on any atom is 0.246 e. The van der Waals surface area contributed by atoms with Crippen LogP contribution in [0, 0.1) is 17.6 Å². The number of aliphatic hydroxyl groups excluding tert-OH is 2. The summed E-state index contributed by atoms with van der Waals surface area (Å²) in [5.41, 5.74) is 0.842. The number of halogens is 3. The number of hydrogen-bond donors (Lipinski definition) is 2. The summed E-state index contributed by atoms with van der Waals surface area (Å²) in [7, 11) is 0. The molecular weight excluding hydrogens is 502 g/mol. The Morgan fingerprint density at radius 3 is 2.59 bits per heavy atom. The summed E-state index contributed by atoms with van der Waals surface area (Å²) in [6.07, 6.45) is 3.62. The minimum atomic E-state index is -0.690. The molecule has 0 bridgehead atoms. The number of hydrogen-bond acceptors (Lipinski definition) is 5. The van der Waals surface area contributed by atoms with Crippen molar-refractivity contribution in [1.29, 1.82) is 0 Å². The third-order valence-corrected chi connectivity index (χ3v) is 8.29. The van der Waals surface area contributed by atoms with E-state index in [1.165, 1.54) is 24.3 Å². The molecule has 198 valence electrons. The summed E-state index contributed by atoms with van der Waals surface area (Å²) in [4.78, 5) is 16.3. The van der Waals surface area contributed by atoms with Crippen LogP contribution in [-0.2, 0) is 10.2 Å². The van der Waals surface area contributed by atoms with Crippen molar-refractivity contribution in [2.45, 2.75) is 36.9 Å². The number of benzene rings is 2. The lowest BCUT2D eigenvalue weighted by atomic mass is 9.72. The van der Waals surface area contributed by atoms with Gasteiger partial charge in [-0.3, -0.25) is 9.69 Å². The Labute approximate surface area is 220 Å². The Morgan fingerprint density at radius 2 is 1.89 bits per heavy atom. The molecule has 3 atom stereocenters. The van der Waals surface area contributed by atoms with Gasteiger partial charge < -0.3 is 19.8 Å². The van der Waals surface area contributed by atoms with Crippen LogP contribution in [0.3, 0.4) is 0 Å². The summed E-state index contributed by atoms with van der Waals surface area (Å²) in [6.45, 7) is 3.09. The van der Waals surface area contributed by atoms with Crippen LogP contribution in [-0.4, -0.2) is 77.5 Å². The largest absolute Gasteiger partial charge is 0.492 e. The van der Waals surface area contributed by atoms with Crippen molar-refractivity contribution in [3.63, 3.8) is 0 Å². The molecule has 3 heterocycles. The molecule has 3 aliphatic heterocycles. The number of nitrogens with zero attached hydrogens (tertiary/aromatic N) is 2. The third kappa shape index (κ3) is 5.53. The number of β-amino-alcohol motifs (C(OH)–C–C–N with tert-alkyl or cyclic N) is 2. The highest BCUT2D eigenvalue weighted by molar-refractivity contribution is 6.30. The van der Waals surface area contributed by atoms with E-state index in [1.54, 1.807) is 11.0 Å². The summed E-state index contributed by atoms with van der Waals surface area (Å²) in [5.74, 6) is -0.813. The van der Waals surface area contributed by atoms with Gasteiger partial charge in [0.2, 0.25) is 5.91 Å². The molecule has 2 aromatic rings. The molecule has 1 amide bonds. The van der Waals surface area contributed by atoms with Crippen molar-refractivity contribution in [3.8, 4) is 5.75 Å². The van der Waals surface area contributed by atoms with E-state index in [-0.39, 0.29) is 17.4 Å². The number of likely N-dealkylation sites (tertiary alicyclic amines) is 2. The van der Waals surface area contributed by atoms with E-state index in [4.69, 9.17) is 16.3 Å². The molecule has 9 heteroatoms. The first-order valence-corrected chi connectivity index (χ1v) is 13.1. The minimum absolute atomic E-state index is 0.0519. The number of ether oxygens (including phenoxy) is 1. The average molecular weight is 533 g/mol. The smallest absolute Gasteiger partial charge is 0.246 e. The normalized spacial score (nSPS) is 25.4. The van der Waals surface area contributed by atoms with Gasteiger partial charge in [0, 0.05) is 48.9 Å². The number of carbonyl (C=O) groups is 1. The lowest BCUT2D eigenvalue weighted by molar-refractivity contribution is -0.128. The number of amides is 1. The standard InChI is InChI=1S/C28H31ClF2N2O4/c29-20-2-3-23-25(13-20)37-17-28(23)7-10-32(16-26(28)35)15-24(34)19-5-8-33(9-6-19)27(36)4-1-18-11-21(30)14-22(31)12-18/h1-4,11-14,19,24,26,34-35H,5-10,15-17H2/t24-,26-,28-/m1/s1. The van der Waals surface area contributed by atoms with E-state index in [2.05, 4.69) is 4.90 Å². The van der Waals surface area contributed by atoms with Gasteiger partial charge in [-0.25, -0.2) is 8.78 Å². The molecule has 5 rings (SSSR count). The Bertz CT molecular complexity index is 1170. The fourth-order valence-corrected chi connectivity index (χ4v) is 6.02. The molecule has 1 spiro atoms. The second-order valence-electron chi connectivity index (χ2n) is 10.4. The Morgan fingerprint density at radius 1 is 1.16 bits per heavy atom. The highest BCUT2D eigenvalue weighted by Crippen LogP contribution is 2.46. The van der Waals surface area contributed by atoms with E-state index >= 15 is 0 Å². The average Bonchev–Trinajstić information content (AvgIpc) is 3.23. The van der Waals surface area contributed by atoms with Crippen molar-refractivity contribution >= 4 is 23.6 Å². The lowest BCUT2D eigenvalue weighted by Gasteiger charge is -2.44. The Balaban J connectivity index is 1.11. The maximum absolute atomic E-state index is 13.3. The van der Waals surface area contributed by atoms with Gasteiger partial charge in [-0.2, -0.15) is 0 Å². The van der Waals surface area contributed by atoms with Crippen molar-refractivity contribution in [2.75, 3.05) is 39.3 Å². The summed E-state index contributed by atoms with van der Waals surface area (Å²) < 4.78 is 32.5. The molecule has 0 radical (unpaired) electrons. The number of aliphatic hydroxyl groups is 2. The lowest BCUT2D eigenvalue weighted by Crippen LogP contribution is -2.56. The van der Waals surface area contributed by atoms with Gasteiger partial charge in [-0.15, -0.1) is 0 Å². The van der Waals surface area contributed by atoms with Gasteiger partial charge in [0.15, 0.2) is 0 Å². The van der Waals surface area contributed by atoms with E-state index in [9.17, 15) is 23.8 Å². The van der Waals surface area contributed by atoms with Crippen LogP contribution in [0.5, 0.6) is 5.75 Å². The minimum Gasteiger partial charge on any atom is -0.492 e. The van der Waals surface area contributed by atoms with Crippen molar-refractivity contribution in [2.24, 2.45) is 5.92 Å². The second kappa shape index (κ2) is 10.7. The third-order valence-electron chi connectivity index (χ3n) is 8.05. The van der Waals surface area contributed by atoms with Gasteiger partial charge in [0.1, 0.15) is 24.0 Å². The van der Waals surface area contributed by atoms with Crippen LogP contribution < -0.4 is 4.74 Å². The Hall–Kier alpha value is -2.52. The Kier molecular flexibility index (Phi) is 7.54. The highest BCUT2D eigenvalue weighted by Gasteiger charge is 2.49. The SMILES string of the molecule is O=C(C=Cc1cc(F)cc(F)c1)N1CCC([C@H](O)CN2CC[C@]3(COc4cc(Cl)ccc43)[C@H](O)C2)CC1. The van der Waals surface area contributed by atoms with Crippen molar-refractivity contribution in [1.82, 2.24) is 9.80 Å². The van der Waals surface area contributed by atoms with Gasteiger partial charge >= 0.3 is 0 Å². The molecule has 6 nitrogen and oxygen atoms in total. The van der Waals surface area contributed by atoms with E-state index in [0.29, 0.717) is 50.7 Å². The highest BCUT2D eigenvalue weighted by atomic mass is 35.5.